The van der Waals surface area contributed by atoms with Crippen molar-refractivity contribution in [2.45, 2.75) is 51.5 Å². The van der Waals surface area contributed by atoms with E-state index in [4.69, 9.17) is 0 Å². The van der Waals surface area contributed by atoms with Crippen molar-refractivity contribution in [3.8, 4) is 0 Å². The van der Waals surface area contributed by atoms with Crippen LogP contribution in [-0.4, -0.2) is 20.6 Å². The van der Waals surface area contributed by atoms with E-state index in [1.807, 2.05) is 26.8 Å². The van der Waals surface area contributed by atoms with Crippen LogP contribution in [0.15, 0.2) is 36.4 Å². The number of hydrogen-bond donors (Lipinski definition) is 2. The summed E-state index contributed by atoms with van der Waals surface area (Å²) in [6, 6.07) is 8.81. The average molecular weight is 451 g/mol. The van der Waals surface area contributed by atoms with Crippen molar-refractivity contribution in [2.24, 2.45) is 5.92 Å². The second kappa shape index (κ2) is 8.22. The molecule has 0 aromatic heterocycles. The average Bonchev–Trinajstić information content (AvgIpc) is 3.42. The molecule has 0 saturated heterocycles. The molecule has 1 amide bonds. The highest BCUT2D eigenvalue weighted by Crippen LogP contribution is 2.48. The molecule has 2 N–H and O–H groups in total. The van der Waals surface area contributed by atoms with Gasteiger partial charge in [0.15, 0.2) is 0 Å². The van der Waals surface area contributed by atoms with Gasteiger partial charge in [0, 0.05) is 5.92 Å². The highest BCUT2D eigenvalue weighted by atomic mass is 32.2. The van der Waals surface area contributed by atoms with Crippen molar-refractivity contribution < 1.29 is 22.0 Å². The van der Waals surface area contributed by atoms with Gasteiger partial charge in [0.2, 0.25) is 15.9 Å². The lowest BCUT2D eigenvalue weighted by Gasteiger charge is -2.20. The molecule has 2 unspecified atom stereocenters. The van der Waals surface area contributed by atoms with Gasteiger partial charge in [-0.2, -0.15) is 0 Å². The van der Waals surface area contributed by atoms with Crippen LogP contribution in [0.1, 0.15) is 62.8 Å². The molecule has 2 aromatic rings. The Bertz CT molecular complexity index is 1110. The highest BCUT2D eigenvalue weighted by molar-refractivity contribution is 7.92. The molecule has 8 heteroatoms. The first-order valence-electron chi connectivity index (χ1n) is 10.1. The molecule has 1 fully saturated rings. The van der Waals surface area contributed by atoms with E-state index in [1.54, 1.807) is 19.1 Å². The second-order valence-corrected chi connectivity index (χ2v) is 11.0. The van der Waals surface area contributed by atoms with Crippen LogP contribution >= 0.6 is 0 Å². The van der Waals surface area contributed by atoms with Gasteiger partial charge in [0.1, 0.15) is 11.6 Å². The molecule has 0 bridgehead atoms. The summed E-state index contributed by atoms with van der Waals surface area (Å²) in [6.45, 7) is 7.58. The zero-order valence-corrected chi connectivity index (χ0v) is 19.1. The van der Waals surface area contributed by atoms with Gasteiger partial charge < -0.3 is 5.32 Å². The third-order valence-electron chi connectivity index (χ3n) is 5.50. The molecule has 3 rings (SSSR count). The number of rotatable bonds is 6. The number of halogens is 2. The first-order chi connectivity index (χ1) is 14.3. The Kier molecular flexibility index (Phi) is 6.15. The predicted molar refractivity (Wildman–Crippen MR) is 117 cm³/mol. The van der Waals surface area contributed by atoms with E-state index < -0.39 is 21.9 Å². The first-order valence-corrected chi connectivity index (χ1v) is 12.0. The maximum absolute atomic E-state index is 14.5. The van der Waals surface area contributed by atoms with Gasteiger partial charge in [-0.15, -0.1) is 0 Å². The summed E-state index contributed by atoms with van der Waals surface area (Å²) in [5.74, 6) is -1.44. The molecule has 1 aliphatic rings. The van der Waals surface area contributed by atoms with E-state index in [9.17, 15) is 22.0 Å². The maximum atomic E-state index is 14.5. The number of amides is 1. The van der Waals surface area contributed by atoms with Gasteiger partial charge in [-0.25, -0.2) is 17.2 Å². The molecule has 5 nitrogen and oxygen atoms in total. The summed E-state index contributed by atoms with van der Waals surface area (Å²) in [6.07, 6.45) is 1.58. The standard InChI is InChI=1S/C23H28F2N2O3S/c1-13(14-7-9-21(20(25)10-14)27-31(5,29)30)26-22(28)17-12-16(17)15-6-8-18(19(24)11-15)23(2,3)4/h6-11,13,16-17,27H,12H2,1-5H3,(H,26,28)/t13-,16?,17?/m1/s1. The monoisotopic (exact) mass is 450 g/mol. The van der Waals surface area contributed by atoms with Gasteiger partial charge in [-0.1, -0.05) is 39.0 Å². The van der Waals surface area contributed by atoms with E-state index in [0.29, 0.717) is 17.5 Å². The fourth-order valence-corrected chi connectivity index (χ4v) is 4.28. The van der Waals surface area contributed by atoms with E-state index in [0.717, 1.165) is 11.8 Å². The SMILES string of the molecule is C[C@@H](NC(=O)C1CC1c1ccc(C(C)(C)C)c(F)c1)c1ccc(NS(C)(=O)=O)c(F)c1. The zero-order valence-electron chi connectivity index (χ0n) is 18.3. The van der Waals surface area contributed by atoms with E-state index in [1.165, 1.54) is 18.2 Å². The minimum atomic E-state index is -3.59. The molecule has 3 atom stereocenters. The fourth-order valence-electron chi connectivity index (χ4n) is 3.71. The number of anilines is 1. The Morgan fingerprint density at radius 3 is 2.32 bits per heavy atom. The maximum Gasteiger partial charge on any atom is 0.229 e. The van der Waals surface area contributed by atoms with E-state index in [-0.39, 0.29) is 34.7 Å². The lowest BCUT2D eigenvalue weighted by Crippen LogP contribution is -2.28. The molecule has 168 valence electrons. The van der Waals surface area contributed by atoms with Gasteiger partial charge in [-0.3, -0.25) is 9.52 Å². The third kappa shape index (κ3) is 5.61. The summed E-state index contributed by atoms with van der Waals surface area (Å²) < 4.78 is 53.4. The van der Waals surface area contributed by atoms with Crippen LogP contribution in [0.5, 0.6) is 0 Å². The third-order valence-corrected chi connectivity index (χ3v) is 6.09. The predicted octanol–water partition coefficient (Wildman–Crippen LogP) is 4.61. The quantitative estimate of drug-likeness (QED) is 0.675. The van der Waals surface area contributed by atoms with Crippen molar-refractivity contribution in [2.75, 3.05) is 11.0 Å². The number of hydrogen-bond acceptors (Lipinski definition) is 3. The van der Waals surface area contributed by atoms with Crippen molar-refractivity contribution in [3.05, 3.63) is 64.7 Å². The number of carbonyl (C=O) groups excluding carboxylic acids is 1. The molecule has 1 aliphatic carbocycles. The van der Waals surface area contributed by atoms with Gasteiger partial charge >= 0.3 is 0 Å². The summed E-state index contributed by atoms with van der Waals surface area (Å²) in [4.78, 5) is 12.6. The van der Waals surface area contributed by atoms with Crippen LogP contribution in [0.3, 0.4) is 0 Å². The van der Waals surface area contributed by atoms with Crippen LogP contribution in [-0.2, 0) is 20.2 Å². The largest absolute Gasteiger partial charge is 0.349 e. The summed E-state index contributed by atoms with van der Waals surface area (Å²) in [7, 11) is -3.59. The zero-order chi connectivity index (χ0) is 23.1. The highest BCUT2D eigenvalue weighted by Gasteiger charge is 2.44. The number of sulfonamides is 1. The van der Waals surface area contributed by atoms with Crippen molar-refractivity contribution in [1.29, 1.82) is 0 Å². The number of carbonyl (C=O) groups is 1. The van der Waals surface area contributed by atoms with Crippen LogP contribution in [0.2, 0.25) is 0 Å². The fraction of sp³-hybridized carbons (Fsp3) is 0.435. The van der Waals surface area contributed by atoms with Crippen molar-refractivity contribution >= 4 is 21.6 Å². The van der Waals surface area contributed by atoms with Crippen molar-refractivity contribution in [3.63, 3.8) is 0 Å². The Morgan fingerprint density at radius 1 is 1.10 bits per heavy atom. The Hall–Kier alpha value is -2.48. The number of benzene rings is 2. The smallest absolute Gasteiger partial charge is 0.229 e. The molecule has 2 aromatic carbocycles. The second-order valence-electron chi connectivity index (χ2n) is 9.28. The molecule has 1 saturated carbocycles. The Labute approximate surface area is 182 Å². The molecule has 0 radical (unpaired) electrons. The first kappa shape index (κ1) is 23.2. The van der Waals surface area contributed by atoms with Crippen LogP contribution in [0.4, 0.5) is 14.5 Å². The summed E-state index contributed by atoms with van der Waals surface area (Å²) in [5, 5.41) is 2.87. The van der Waals surface area contributed by atoms with E-state index >= 15 is 0 Å². The number of nitrogens with one attached hydrogen (secondary N) is 2. The molecule has 0 heterocycles. The normalized spacial score (nSPS) is 19.6. The van der Waals surface area contributed by atoms with Crippen molar-refractivity contribution in [1.82, 2.24) is 5.32 Å². The molecule has 0 spiro atoms. The molecular weight excluding hydrogens is 422 g/mol. The summed E-state index contributed by atoms with van der Waals surface area (Å²) >= 11 is 0. The molecule has 31 heavy (non-hydrogen) atoms. The molecule has 0 aliphatic heterocycles. The summed E-state index contributed by atoms with van der Waals surface area (Å²) in [5.41, 5.74) is 1.53. The van der Waals surface area contributed by atoms with E-state index in [2.05, 4.69) is 10.0 Å². The van der Waals surface area contributed by atoms with Crippen LogP contribution in [0, 0.1) is 17.6 Å². The van der Waals surface area contributed by atoms with Gasteiger partial charge in [0.05, 0.1) is 18.0 Å². The Morgan fingerprint density at radius 2 is 1.77 bits per heavy atom. The van der Waals surface area contributed by atoms with Gasteiger partial charge in [-0.05, 0) is 59.6 Å². The van der Waals surface area contributed by atoms with Crippen LogP contribution < -0.4 is 10.0 Å². The van der Waals surface area contributed by atoms with Crippen LogP contribution in [0.25, 0.3) is 0 Å². The minimum Gasteiger partial charge on any atom is -0.349 e. The lowest BCUT2D eigenvalue weighted by atomic mass is 9.86. The minimum absolute atomic E-state index is 0.0335. The Balaban J connectivity index is 1.64. The van der Waals surface area contributed by atoms with Gasteiger partial charge in [0.25, 0.3) is 0 Å². The molecular formula is C23H28F2N2O3S. The lowest BCUT2D eigenvalue weighted by molar-refractivity contribution is -0.123. The topological polar surface area (TPSA) is 75.3 Å².